The molecule has 0 N–H and O–H groups in total. The molecular formula is C29H41N. The Balaban J connectivity index is 1.38. The van der Waals surface area contributed by atoms with E-state index in [1.807, 2.05) is 6.20 Å². The fourth-order valence-electron chi connectivity index (χ4n) is 4.77. The van der Waals surface area contributed by atoms with Crippen LogP contribution in [0.5, 0.6) is 0 Å². The molecule has 30 heavy (non-hydrogen) atoms. The number of aromatic nitrogens is 1. The molecule has 1 aromatic heterocycles. The predicted molar refractivity (Wildman–Crippen MR) is 131 cm³/mol. The van der Waals surface area contributed by atoms with E-state index in [2.05, 4.69) is 67.4 Å². The van der Waals surface area contributed by atoms with Crippen molar-refractivity contribution >= 4 is 0 Å². The number of hydrogen-bond acceptors (Lipinski definition) is 1. The molecule has 0 atom stereocenters. The summed E-state index contributed by atoms with van der Waals surface area (Å²) in [5, 5.41) is 0. The van der Waals surface area contributed by atoms with Gasteiger partial charge in [0.05, 0.1) is 5.69 Å². The van der Waals surface area contributed by atoms with Crippen molar-refractivity contribution in [3.05, 3.63) is 65.9 Å². The van der Waals surface area contributed by atoms with Crippen molar-refractivity contribution in [2.45, 2.75) is 90.9 Å². The van der Waals surface area contributed by atoms with Gasteiger partial charge in [0.1, 0.15) is 0 Å². The summed E-state index contributed by atoms with van der Waals surface area (Å²) < 4.78 is 0. The molecule has 2 aromatic rings. The first-order chi connectivity index (χ1) is 14.8. The van der Waals surface area contributed by atoms with Crippen molar-refractivity contribution < 1.29 is 0 Å². The zero-order chi connectivity index (χ0) is 21.0. The first-order valence-corrected chi connectivity index (χ1v) is 12.5. The smallest absolute Gasteiger partial charge is 0.0702 e. The molecule has 1 aliphatic rings. The topological polar surface area (TPSA) is 12.9 Å². The van der Waals surface area contributed by atoms with Crippen LogP contribution >= 0.6 is 0 Å². The summed E-state index contributed by atoms with van der Waals surface area (Å²) in [6.07, 6.45) is 22.9. The van der Waals surface area contributed by atoms with Crippen LogP contribution in [0.1, 0.15) is 89.2 Å². The van der Waals surface area contributed by atoms with Crippen LogP contribution in [0, 0.1) is 11.8 Å². The number of aryl methyl sites for hydroxylation is 2. The van der Waals surface area contributed by atoms with Crippen molar-refractivity contribution in [3.8, 4) is 11.3 Å². The summed E-state index contributed by atoms with van der Waals surface area (Å²) in [5.74, 6) is 1.84. The second-order valence-corrected chi connectivity index (χ2v) is 9.24. The van der Waals surface area contributed by atoms with E-state index in [1.165, 1.54) is 74.5 Å². The van der Waals surface area contributed by atoms with Gasteiger partial charge in [0.2, 0.25) is 0 Å². The maximum absolute atomic E-state index is 4.64. The SMILES string of the molecule is CCCCC[C@H]1CC[C@H](C=CCCc2ccc(-c3ccc(CCC)cn3)cc2)CC1. The first kappa shape index (κ1) is 22.8. The molecule has 0 amide bonds. The molecule has 162 valence electrons. The van der Waals surface area contributed by atoms with Crippen LogP contribution in [0.15, 0.2) is 54.7 Å². The Morgan fingerprint density at radius 1 is 0.833 bits per heavy atom. The number of rotatable bonds is 11. The molecular weight excluding hydrogens is 362 g/mol. The van der Waals surface area contributed by atoms with E-state index >= 15 is 0 Å². The Morgan fingerprint density at radius 3 is 2.27 bits per heavy atom. The van der Waals surface area contributed by atoms with Crippen LogP contribution < -0.4 is 0 Å². The third-order valence-electron chi connectivity index (χ3n) is 6.73. The van der Waals surface area contributed by atoms with Crippen LogP contribution in [-0.4, -0.2) is 4.98 Å². The van der Waals surface area contributed by atoms with Gasteiger partial charge in [-0.3, -0.25) is 4.98 Å². The molecule has 1 fully saturated rings. The standard InChI is InChI=1S/C29H41N/c1-3-5-6-10-24-13-15-25(16-14-24)11-7-8-12-26-17-20-28(21-18-26)29-22-19-27(9-4-2)23-30-29/h7,11,17-25H,3-6,8-10,12-16H2,1-2H3/t24-,25-. The van der Waals surface area contributed by atoms with Crippen LogP contribution in [0.2, 0.25) is 0 Å². The Bertz CT molecular complexity index is 733. The van der Waals surface area contributed by atoms with E-state index in [0.717, 1.165) is 36.8 Å². The molecule has 0 saturated heterocycles. The Labute approximate surface area is 185 Å². The molecule has 0 radical (unpaired) electrons. The fourth-order valence-corrected chi connectivity index (χ4v) is 4.77. The number of benzene rings is 1. The highest BCUT2D eigenvalue weighted by atomic mass is 14.7. The molecule has 0 aliphatic heterocycles. The fraction of sp³-hybridized carbons (Fsp3) is 0.552. The van der Waals surface area contributed by atoms with E-state index in [1.54, 1.807) is 0 Å². The van der Waals surface area contributed by atoms with E-state index < -0.39 is 0 Å². The summed E-state index contributed by atoms with van der Waals surface area (Å²) in [6, 6.07) is 13.4. The number of hydrogen-bond donors (Lipinski definition) is 0. The number of pyridine rings is 1. The van der Waals surface area contributed by atoms with Gasteiger partial charge in [-0.15, -0.1) is 0 Å². The minimum atomic E-state index is 0.830. The second kappa shape index (κ2) is 12.7. The summed E-state index contributed by atoms with van der Waals surface area (Å²) >= 11 is 0. The summed E-state index contributed by atoms with van der Waals surface area (Å²) in [6.45, 7) is 4.52. The highest BCUT2D eigenvalue weighted by Gasteiger charge is 2.18. The largest absolute Gasteiger partial charge is 0.256 e. The molecule has 1 nitrogen and oxygen atoms in total. The van der Waals surface area contributed by atoms with Crippen LogP contribution in [0.3, 0.4) is 0 Å². The van der Waals surface area contributed by atoms with Gasteiger partial charge in [-0.05, 0) is 74.0 Å². The third kappa shape index (κ3) is 7.42. The van der Waals surface area contributed by atoms with E-state index in [9.17, 15) is 0 Å². The zero-order valence-electron chi connectivity index (χ0n) is 19.3. The Hall–Kier alpha value is -1.89. The van der Waals surface area contributed by atoms with Gasteiger partial charge in [0.25, 0.3) is 0 Å². The number of allylic oxidation sites excluding steroid dienone is 2. The van der Waals surface area contributed by atoms with Crippen molar-refractivity contribution in [2.75, 3.05) is 0 Å². The van der Waals surface area contributed by atoms with Crippen molar-refractivity contribution in [2.24, 2.45) is 11.8 Å². The van der Waals surface area contributed by atoms with Crippen molar-refractivity contribution in [1.82, 2.24) is 4.98 Å². The van der Waals surface area contributed by atoms with Crippen molar-refractivity contribution in [3.63, 3.8) is 0 Å². The van der Waals surface area contributed by atoms with Gasteiger partial charge in [-0.2, -0.15) is 0 Å². The molecule has 3 rings (SSSR count). The highest BCUT2D eigenvalue weighted by molar-refractivity contribution is 5.59. The van der Waals surface area contributed by atoms with Crippen LogP contribution in [-0.2, 0) is 12.8 Å². The maximum Gasteiger partial charge on any atom is 0.0702 e. The average molecular weight is 404 g/mol. The van der Waals surface area contributed by atoms with Gasteiger partial charge in [0, 0.05) is 11.8 Å². The van der Waals surface area contributed by atoms with Gasteiger partial charge >= 0.3 is 0 Å². The molecule has 0 bridgehead atoms. The lowest BCUT2D eigenvalue weighted by Gasteiger charge is -2.26. The number of nitrogens with zero attached hydrogens (tertiary/aromatic N) is 1. The van der Waals surface area contributed by atoms with Gasteiger partial charge in [0.15, 0.2) is 0 Å². The molecule has 1 heterocycles. The van der Waals surface area contributed by atoms with Crippen molar-refractivity contribution in [1.29, 1.82) is 0 Å². The number of unbranched alkanes of at least 4 members (excludes halogenated alkanes) is 2. The zero-order valence-corrected chi connectivity index (χ0v) is 19.3. The highest BCUT2D eigenvalue weighted by Crippen LogP contribution is 2.32. The second-order valence-electron chi connectivity index (χ2n) is 9.24. The molecule has 0 unspecified atom stereocenters. The quantitative estimate of drug-likeness (QED) is 0.270. The normalized spacial score (nSPS) is 19.4. The predicted octanol–water partition coefficient (Wildman–Crippen LogP) is 8.58. The first-order valence-electron chi connectivity index (χ1n) is 12.5. The van der Waals surface area contributed by atoms with E-state index in [-0.39, 0.29) is 0 Å². The lowest BCUT2D eigenvalue weighted by molar-refractivity contribution is 0.289. The lowest BCUT2D eigenvalue weighted by atomic mass is 9.79. The summed E-state index contributed by atoms with van der Waals surface area (Å²) in [7, 11) is 0. The third-order valence-corrected chi connectivity index (χ3v) is 6.73. The van der Waals surface area contributed by atoms with Crippen LogP contribution in [0.4, 0.5) is 0 Å². The molecule has 0 spiro atoms. The van der Waals surface area contributed by atoms with Gasteiger partial charge < -0.3 is 0 Å². The minimum absolute atomic E-state index is 0.830. The molecule has 1 aromatic carbocycles. The summed E-state index contributed by atoms with van der Waals surface area (Å²) in [4.78, 5) is 4.64. The van der Waals surface area contributed by atoms with Crippen LogP contribution in [0.25, 0.3) is 11.3 Å². The maximum atomic E-state index is 4.64. The Morgan fingerprint density at radius 2 is 1.60 bits per heavy atom. The van der Waals surface area contributed by atoms with Gasteiger partial charge in [-0.25, -0.2) is 0 Å². The minimum Gasteiger partial charge on any atom is -0.256 e. The lowest BCUT2D eigenvalue weighted by Crippen LogP contribution is -2.13. The monoisotopic (exact) mass is 403 g/mol. The summed E-state index contributed by atoms with van der Waals surface area (Å²) in [5.41, 5.74) is 5.04. The molecule has 1 aliphatic carbocycles. The molecule has 1 heteroatoms. The van der Waals surface area contributed by atoms with Gasteiger partial charge in [-0.1, -0.05) is 88.4 Å². The van der Waals surface area contributed by atoms with E-state index in [4.69, 9.17) is 0 Å². The molecule has 1 saturated carbocycles. The van der Waals surface area contributed by atoms with E-state index in [0.29, 0.717) is 0 Å². The average Bonchev–Trinajstić information content (AvgIpc) is 2.79. The Kier molecular flexibility index (Phi) is 9.67.